The number of rotatable bonds is 6. The zero-order chi connectivity index (χ0) is 17.8. The molecule has 0 unspecified atom stereocenters. The van der Waals surface area contributed by atoms with Gasteiger partial charge in [-0.15, -0.1) is 0 Å². The molecule has 26 heavy (non-hydrogen) atoms. The monoisotopic (exact) mass is 361 g/mol. The van der Waals surface area contributed by atoms with Crippen molar-refractivity contribution in [2.24, 2.45) is 7.05 Å². The van der Waals surface area contributed by atoms with Crippen molar-refractivity contribution in [3.63, 3.8) is 0 Å². The third kappa shape index (κ3) is 3.73. The van der Waals surface area contributed by atoms with Crippen molar-refractivity contribution in [1.29, 1.82) is 0 Å². The molecular weight excluding hydrogens is 342 g/mol. The molecule has 2 aromatic carbocycles. The number of thioether (sulfide) groups is 1. The average molecular weight is 361 g/mol. The van der Waals surface area contributed by atoms with Crippen molar-refractivity contribution < 1.29 is 4.74 Å². The fourth-order valence-corrected chi connectivity index (χ4v) is 3.67. The minimum Gasteiger partial charge on any atom is -0.487 e. The molecule has 0 saturated carbocycles. The second-order valence-corrected chi connectivity index (χ2v) is 6.93. The first kappa shape index (κ1) is 16.7. The summed E-state index contributed by atoms with van der Waals surface area (Å²) in [6, 6.07) is 22.3. The minimum atomic E-state index is 0.481. The maximum Gasteiger partial charge on any atom is 0.169 e. The summed E-state index contributed by atoms with van der Waals surface area (Å²) in [5.74, 6) is 1.73. The summed E-state index contributed by atoms with van der Waals surface area (Å²) in [5, 5.41) is 1.03. The van der Waals surface area contributed by atoms with Gasteiger partial charge >= 0.3 is 0 Å². The van der Waals surface area contributed by atoms with Crippen molar-refractivity contribution in [1.82, 2.24) is 14.5 Å². The Hall–Kier alpha value is -2.79. The van der Waals surface area contributed by atoms with E-state index in [1.807, 2.05) is 48.5 Å². The highest BCUT2D eigenvalue weighted by atomic mass is 32.2. The molecule has 0 aliphatic heterocycles. The molecule has 0 atom stereocenters. The van der Waals surface area contributed by atoms with Gasteiger partial charge in [-0.25, -0.2) is 4.98 Å². The van der Waals surface area contributed by atoms with Gasteiger partial charge in [0.2, 0.25) is 0 Å². The standard InChI is InChI=1S/C21H19N3OS/c1-24-20-8-3-2-7-19(20)23-21(24)26-15-16-9-11-18(12-10-16)25-14-17-6-4-5-13-22-17/h2-13H,14-15H2,1H3. The lowest BCUT2D eigenvalue weighted by molar-refractivity contribution is 0.301. The highest BCUT2D eigenvalue weighted by Gasteiger charge is 2.08. The van der Waals surface area contributed by atoms with Crippen LogP contribution in [0.4, 0.5) is 0 Å². The number of imidazole rings is 1. The van der Waals surface area contributed by atoms with Gasteiger partial charge in [-0.1, -0.05) is 42.1 Å². The normalized spacial score (nSPS) is 11.0. The van der Waals surface area contributed by atoms with Crippen molar-refractivity contribution in [2.75, 3.05) is 0 Å². The molecule has 0 aliphatic carbocycles. The SMILES string of the molecule is Cn1c(SCc2ccc(OCc3ccccn3)cc2)nc2ccccc21. The fourth-order valence-electron chi connectivity index (χ4n) is 2.72. The zero-order valence-electron chi connectivity index (χ0n) is 14.5. The molecule has 2 aromatic heterocycles. The van der Waals surface area contributed by atoms with Crippen LogP contribution in [0.1, 0.15) is 11.3 Å². The van der Waals surface area contributed by atoms with Crippen LogP contribution >= 0.6 is 11.8 Å². The van der Waals surface area contributed by atoms with Crippen LogP contribution < -0.4 is 4.74 Å². The van der Waals surface area contributed by atoms with Crippen LogP contribution in [0.2, 0.25) is 0 Å². The molecule has 0 radical (unpaired) electrons. The first-order valence-electron chi connectivity index (χ1n) is 8.45. The van der Waals surface area contributed by atoms with Gasteiger partial charge in [-0.05, 0) is 42.0 Å². The molecule has 0 aliphatic rings. The number of nitrogens with zero attached hydrogens (tertiary/aromatic N) is 3. The van der Waals surface area contributed by atoms with Gasteiger partial charge in [0.15, 0.2) is 5.16 Å². The Balaban J connectivity index is 1.37. The molecule has 4 rings (SSSR count). The first-order chi connectivity index (χ1) is 12.8. The lowest BCUT2D eigenvalue weighted by Gasteiger charge is -2.07. The largest absolute Gasteiger partial charge is 0.487 e. The van der Waals surface area contributed by atoms with Gasteiger partial charge in [-0.2, -0.15) is 0 Å². The van der Waals surface area contributed by atoms with Crippen LogP contribution in [0, 0.1) is 0 Å². The summed E-state index contributed by atoms with van der Waals surface area (Å²) in [4.78, 5) is 8.97. The quantitative estimate of drug-likeness (QED) is 0.461. The lowest BCUT2D eigenvalue weighted by Crippen LogP contribution is -1.97. The predicted octanol–water partition coefficient (Wildman–Crippen LogP) is 4.84. The molecule has 0 amide bonds. The Bertz CT molecular complexity index is 997. The molecule has 5 heteroatoms. The van der Waals surface area contributed by atoms with Gasteiger partial charge in [0.1, 0.15) is 12.4 Å². The number of hydrogen-bond acceptors (Lipinski definition) is 4. The first-order valence-corrected chi connectivity index (χ1v) is 9.44. The summed E-state index contributed by atoms with van der Waals surface area (Å²) >= 11 is 1.74. The maximum atomic E-state index is 5.78. The number of fused-ring (bicyclic) bond motifs is 1. The van der Waals surface area contributed by atoms with Crippen LogP contribution in [0.15, 0.2) is 78.1 Å². The number of pyridine rings is 1. The van der Waals surface area contributed by atoms with E-state index in [0.29, 0.717) is 6.61 Å². The highest BCUT2D eigenvalue weighted by Crippen LogP contribution is 2.26. The second-order valence-electron chi connectivity index (χ2n) is 5.98. The Kier molecular flexibility index (Phi) is 4.88. The molecule has 0 saturated heterocycles. The smallest absolute Gasteiger partial charge is 0.169 e. The van der Waals surface area contributed by atoms with Crippen LogP contribution in [-0.2, 0) is 19.4 Å². The molecule has 4 aromatic rings. The summed E-state index contributed by atoms with van der Waals surface area (Å²) in [7, 11) is 2.06. The summed E-state index contributed by atoms with van der Waals surface area (Å²) in [5.41, 5.74) is 4.37. The zero-order valence-corrected chi connectivity index (χ0v) is 15.3. The Labute approximate surface area is 156 Å². The third-order valence-corrected chi connectivity index (χ3v) is 5.25. The number of benzene rings is 2. The number of aromatic nitrogens is 3. The number of hydrogen-bond donors (Lipinski definition) is 0. The van der Waals surface area contributed by atoms with Crippen molar-refractivity contribution in [3.05, 3.63) is 84.2 Å². The third-order valence-electron chi connectivity index (χ3n) is 4.15. The van der Waals surface area contributed by atoms with Gasteiger partial charge in [0, 0.05) is 19.0 Å². The Morgan fingerprint density at radius 3 is 2.54 bits per heavy atom. The summed E-state index contributed by atoms with van der Waals surface area (Å²) in [6.07, 6.45) is 1.78. The van der Waals surface area contributed by atoms with Crippen LogP contribution in [0.25, 0.3) is 11.0 Å². The second kappa shape index (κ2) is 7.62. The Morgan fingerprint density at radius 1 is 0.962 bits per heavy atom. The van der Waals surface area contributed by atoms with Gasteiger partial charge in [0.05, 0.1) is 16.7 Å². The number of ether oxygens (including phenoxy) is 1. The maximum absolute atomic E-state index is 5.78. The van der Waals surface area contributed by atoms with E-state index in [4.69, 9.17) is 9.72 Å². The van der Waals surface area contributed by atoms with Gasteiger partial charge in [-0.3, -0.25) is 4.98 Å². The lowest BCUT2D eigenvalue weighted by atomic mass is 10.2. The molecule has 0 N–H and O–H groups in total. The molecule has 0 spiro atoms. The van der Waals surface area contributed by atoms with Gasteiger partial charge in [0.25, 0.3) is 0 Å². The van der Waals surface area contributed by atoms with Crippen molar-refractivity contribution in [2.45, 2.75) is 17.5 Å². The predicted molar refractivity (Wildman–Crippen MR) is 105 cm³/mol. The molecule has 0 fully saturated rings. The topological polar surface area (TPSA) is 39.9 Å². The van der Waals surface area contributed by atoms with E-state index in [1.165, 1.54) is 5.56 Å². The molecule has 4 nitrogen and oxygen atoms in total. The van der Waals surface area contributed by atoms with E-state index in [2.05, 4.69) is 34.8 Å². The van der Waals surface area contributed by atoms with Crippen molar-refractivity contribution >= 4 is 22.8 Å². The van der Waals surface area contributed by atoms with Crippen LogP contribution in [0.3, 0.4) is 0 Å². The highest BCUT2D eigenvalue weighted by molar-refractivity contribution is 7.98. The number of aryl methyl sites for hydroxylation is 1. The van der Waals surface area contributed by atoms with E-state index in [1.54, 1.807) is 18.0 Å². The molecule has 130 valence electrons. The molecule has 2 heterocycles. The van der Waals surface area contributed by atoms with Crippen LogP contribution in [0.5, 0.6) is 5.75 Å². The van der Waals surface area contributed by atoms with E-state index >= 15 is 0 Å². The van der Waals surface area contributed by atoms with Crippen molar-refractivity contribution in [3.8, 4) is 5.75 Å². The number of para-hydroxylation sites is 2. The van der Waals surface area contributed by atoms with E-state index < -0.39 is 0 Å². The summed E-state index contributed by atoms with van der Waals surface area (Å²) in [6.45, 7) is 0.481. The van der Waals surface area contributed by atoms with E-state index in [9.17, 15) is 0 Å². The van der Waals surface area contributed by atoms with E-state index in [-0.39, 0.29) is 0 Å². The summed E-state index contributed by atoms with van der Waals surface area (Å²) < 4.78 is 7.93. The Morgan fingerprint density at radius 2 is 1.77 bits per heavy atom. The molecular formula is C21H19N3OS. The molecule has 0 bridgehead atoms. The average Bonchev–Trinajstić information content (AvgIpc) is 3.02. The van der Waals surface area contributed by atoms with Gasteiger partial charge < -0.3 is 9.30 Å². The van der Waals surface area contributed by atoms with E-state index in [0.717, 1.165) is 33.4 Å². The fraction of sp³-hybridized carbons (Fsp3) is 0.143. The minimum absolute atomic E-state index is 0.481. The van der Waals surface area contributed by atoms with Crippen LogP contribution in [-0.4, -0.2) is 14.5 Å².